The second-order valence-electron chi connectivity index (χ2n) is 6.50. The summed E-state index contributed by atoms with van der Waals surface area (Å²) in [6.45, 7) is 5.99. The predicted octanol–water partition coefficient (Wildman–Crippen LogP) is 3.90. The lowest BCUT2D eigenvalue weighted by molar-refractivity contribution is -0.116. The molecule has 1 aliphatic rings. The van der Waals surface area contributed by atoms with Crippen molar-refractivity contribution in [2.24, 2.45) is 0 Å². The summed E-state index contributed by atoms with van der Waals surface area (Å²) in [5.74, 6) is -0.256. The number of benzene rings is 1. The molecule has 2 heterocycles. The summed E-state index contributed by atoms with van der Waals surface area (Å²) < 4.78 is 16.0. The number of anilines is 1. The van der Waals surface area contributed by atoms with Crippen LogP contribution in [0.2, 0.25) is 5.02 Å². The fourth-order valence-electron chi connectivity index (χ4n) is 2.79. The molecule has 0 fully saturated rings. The topological polar surface area (TPSA) is 46.9 Å². The minimum atomic E-state index is -0.376. The van der Waals surface area contributed by atoms with Gasteiger partial charge in [-0.25, -0.2) is 9.07 Å². The maximum Gasteiger partial charge on any atom is 0.226 e. The Balaban J connectivity index is 2.15. The van der Waals surface area contributed by atoms with Crippen LogP contribution in [0, 0.1) is 5.82 Å². The van der Waals surface area contributed by atoms with E-state index in [1.54, 1.807) is 16.9 Å². The average Bonchev–Trinajstić information content (AvgIpc) is 2.84. The van der Waals surface area contributed by atoms with Gasteiger partial charge in [0.05, 0.1) is 11.7 Å². The van der Waals surface area contributed by atoms with Crippen LogP contribution in [0.3, 0.4) is 0 Å². The van der Waals surface area contributed by atoms with E-state index in [0.29, 0.717) is 16.4 Å². The summed E-state index contributed by atoms with van der Waals surface area (Å²) in [5, 5.41) is 7.68. The van der Waals surface area contributed by atoms with Gasteiger partial charge in [0.1, 0.15) is 11.6 Å². The smallest absolute Gasteiger partial charge is 0.226 e. The van der Waals surface area contributed by atoms with Crippen LogP contribution in [0.1, 0.15) is 44.2 Å². The number of nitrogens with zero attached hydrogens (tertiary/aromatic N) is 2. The van der Waals surface area contributed by atoms with Crippen molar-refractivity contribution < 1.29 is 9.18 Å². The lowest BCUT2D eigenvalue weighted by Crippen LogP contribution is -2.30. The molecule has 2 aromatic rings. The highest BCUT2D eigenvalue weighted by molar-refractivity contribution is 6.30. The van der Waals surface area contributed by atoms with Crippen LogP contribution in [-0.4, -0.2) is 15.7 Å². The van der Waals surface area contributed by atoms with E-state index in [4.69, 9.17) is 11.6 Å². The van der Waals surface area contributed by atoms with Crippen LogP contribution in [0.15, 0.2) is 24.4 Å². The molecule has 0 radical (unpaired) electrons. The van der Waals surface area contributed by atoms with E-state index in [2.05, 4.69) is 10.4 Å². The van der Waals surface area contributed by atoms with E-state index in [0.717, 1.165) is 5.56 Å². The van der Waals surface area contributed by atoms with Crippen LogP contribution < -0.4 is 5.32 Å². The maximum atomic E-state index is 14.2. The first-order valence-electron chi connectivity index (χ1n) is 7.10. The third kappa shape index (κ3) is 2.50. The maximum absolute atomic E-state index is 14.2. The number of hydrogen-bond donors (Lipinski definition) is 1. The molecule has 116 valence electrons. The van der Waals surface area contributed by atoms with Crippen molar-refractivity contribution >= 4 is 23.3 Å². The van der Waals surface area contributed by atoms with E-state index in [9.17, 15) is 9.18 Å². The van der Waals surface area contributed by atoms with Crippen molar-refractivity contribution in [3.8, 4) is 0 Å². The van der Waals surface area contributed by atoms with Crippen LogP contribution in [0.25, 0.3) is 0 Å². The number of nitrogens with one attached hydrogen (secondary N) is 1. The van der Waals surface area contributed by atoms with E-state index in [-0.39, 0.29) is 29.6 Å². The molecule has 3 rings (SSSR count). The van der Waals surface area contributed by atoms with Crippen molar-refractivity contribution in [3.05, 3.63) is 46.4 Å². The second-order valence-corrected chi connectivity index (χ2v) is 6.94. The zero-order valence-electron chi connectivity index (χ0n) is 12.7. The number of halogens is 2. The third-order valence-corrected chi connectivity index (χ3v) is 4.02. The summed E-state index contributed by atoms with van der Waals surface area (Å²) in [7, 11) is 0. The van der Waals surface area contributed by atoms with Crippen molar-refractivity contribution in [2.75, 3.05) is 5.32 Å². The minimum Gasteiger partial charge on any atom is -0.311 e. The number of fused-ring (bicyclic) bond motifs is 1. The Kier molecular flexibility index (Phi) is 3.48. The number of aromatic nitrogens is 2. The Bertz CT molecular complexity index is 748. The highest BCUT2D eigenvalue weighted by Crippen LogP contribution is 2.40. The Labute approximate surface area is 133 Å². The number of carbonyl (C=O) groups is 1. The van der Waals surface area contributed by atoms with Crippen molar-refractivity contribution in [3.63, 3.8) is 0 Å². The number of carbonyl (C=O) groups excluding carboxylic acids is 1. The first-order chi connectivity index (χ1) is 10.3. The van der Waals surface area contributed by atoms with Crippen LogP contribution >= 0.6 is 11.6 Å². The molecule has 1 aromatic heterocycles. The number of amides is 1. The zero-order chi connectivity index (χ0) is 16.1. The fraction of sp³-hybridized carbons (Fsp3) is 0.375. The van der Waals surface area contributed by atoms with Gasteiger partial charge in [0.25, 0.3) is 0 Å². The van der Waals surface area contributed by atoms with Gasteiger partial charge >= 0.3 is 0 Å². The van der Waals surface area contributed by atoms with Gasteiger partial charge in [0, 0.05) is 22.9 Å². The highest BCUT2D eigenvalue weighted by atomic mass is 35.5. The Morgan fingerprint density at radius 1 is 1.36 bits per heavy atom. The fourth-order valence-corrected chi connectivity index (χ4v) is 2.97. The van der Waals surface area contributed by atoms with Gasteiger partial charge in [-0.1, -0.05) is 11.6 Å². The van der Waals surface area contributed by atoms with Gasteiger partial charge in [0.15, 0.2) is 0 Å². The molecular weight excluding hydrogens is 305 g/mol. The van der Waals surface area contributed by atoms with Gasteiger partial charge in [-0.15, -0.1) is 0 Å². The van der Waals surface area contributed by atoms with Crippen LogP contribution in [-0.2, 0) is 10.3 Å². The molecule has 0 saturated carbocycles. The first kappa shape index (κ1) is 15.0. The molecule has 22 heavy (non-hydrogen) atoms. The third-order valence-electron chi connectivity index (χ3n) is 3.79. The van der Waals surface area contributed by atoms with Crippen LogP contribution in [0.5, 0.6) is 0 Å². The van der Waals surface area contributed by atoms with Crippen molar-refractivity contribution in [1.29, 1.82) is 0 Å². The summed E-state index contributed by atoms with van der Waals surface area (Å²) in [6.07, 6.45) is 1.88. The molecule has 0 aliphatic carbocycles. The molecule has 0 unspecified atom stereocenters. The molecule has 1 aromatic carbocycles. The van der Waals surface area contributed by atoms with Gasteiger partial charge in [-0.05, 0) is 44.5 Å². The SMILES string of the molecule is CC(C)(C)n1ncc2c1NC(=O)C[C@@H]2c1cc(Cl)ccc1F. The van der Waals surface area contributed by atoms with E-state index in [1.165, 1.54) is 12.1 Å². The normalized spacial score (nSPS) is 18.0. The van der Waals surface area contributed by atoms with Gasteiger partial charge in [0.2, 0.25) is 5.91 Å². The summed E-state index contributed by atoms with van der Waals surface area (Å²) in [6, 6.07) is 4.42. The molecule has 0 saturated heterocycles. The summed E-state index contributed by atoms with van der Waals surface area (Å²) in [5.41, 5.74) is 0.961. The molecule has 0 bridgehead atoms. The predicted molar refractivity (Wildman–Crippen MR) is 83.7 cm³/mol. The van der Waals surface area contributed by atoms with E-state index >= 15 is 0 Å². The van der Waals surface area contributed by atoms with Gasteiger partial charge in [-0.3, -0.25) is 4.79 Å². The second kappa shape index (κ2) is 5.09. The minimum absolute atomic E-state index is 0.150. The highest BCUT2D eigenvalue weighted by Gasteiger charge is 2.33. The standard InChI is InChI=1S/C16H17ClFN3O/c1-16(2,3)21-15-12(8-19-21)10(7-14(22)20-15)11-6-9(17)4-5-13(11)18/h4-6,8,10H,7H2,1-3H3,(H,20,22)/t10-/m1/s1. The van der Waals surface area contributed by atoms with Crippen LogP contribution in [0.4, 0.5) is 10.2 Å². The molecular formula is C16H17ClFN3O. The lowest BCUT2D eigenvalue weighted by atomic mass is 9.87. The lowest BCUT2D eigenvalue weighted by Gasteiger charge is -2.28. The molecule has 1 amide bonds. The average molecular weight is 322 g/mol. The van der Waals surface area contributed by atoms with Gasteiger partial charge < -0.3 is 5.32 Å². The Hall–Kier alpha value is -1.88. The molecule has 1 aliphatic heterocycles. The largest absolute Gasteiger partial charge is 0.311 e. The molecule has 6 heteroatoms. The monoisotopic (exact) mass is 321 g/mol. The number of hydrogen-bond acceptors (Lipinski definition) is 2. The number of rotatable bonds is 1. The summed E-state index contributed by atoms with van der Waals surface area (Å²) >= 11 is 5.99. The molecule has 1 N–H and O–H groups in total. The molecule has 1 atom stereocenters. The molecule has 0 spiro atoms. The first-order valence-corrected chi connectivity index (χ1v) is 7.48. The Morgan fingerprint density at radius 3 is 2.77 bits per heavy atom. The van der Waals surface area contributed by atoms with E-state index in [1.807, 2.05) is 20.8 Å². The van der Waals surface area contributed by atoms with Crippen molar-refractivity contribution in [2.45, 2.75) is 38.6 Å². The van der Waals surface area contributed by atoms with E-state index < -0.39 is 0 Å². The quantitative estimate of drug-likeness (QED) is 0.865. The zero-order valence-corrected chi connectivity index (χ0v) is 13.4. The van der Waals surface area contributed by atoms with Crippen molar-refractivity contribution in [1.82, 2.24) is 9.78 Å². The molecule has 4 nitrogen and oxygen atoms in total. The Morgan fingerprint density at radius 2 is 2.09 bits per heavy atom. The summed E-state index contributed by atoms with van der Waals surface area (Å²) in [4.78, 5) is 12.1. The van der Waals surface area contributed by atoms with Gasteiger partial charge in [-0.2, -0.15) is 5.10 Å².